The lowest BCUT2D eigenvalue weighted by atomic mass is 9.92. The van der Waals surface area contributed by atoms with Crippen LogP contribution in [0, 0.1) is 23.7 Å². The van der Waals surface area contributed by atoms with Crippen molar-refractivity contribution in [3.63, 3.8) is 0 Å². The highest BCUT2D eigenvalue weighted by Crippen LogP contribution is 2.44. The van der Waals surface area contributed by atoms with Gasteiger partial charge in [0, 0.05) is 36.6 Å². The van der Waals surface area contributed by atoms with Gasteiger partial charge in [0.05, 0.1) is 48.7 Å². The highest BCUT2D eigenvalue weighted by molar-refractivity contribution is 6.07. The van der Waals surface area contributed by atoms with Gasteiger partial charge in [0.2, 0.25) is 11.8 Å². The summed E-state index contributed by atoms with van der Waals surface area (Å²) in [6.07, 6.45) is 2.07. The number of likely N-dealkylation sites (tertiary alicyclic amines) is 2. The molecule has 5 heterocycles. The maximum Gasteiger partial charge on any atom is 0.407 e. The van der Waals surface area contributed by atoms with Crippen LogP contribution in [0.4, 0.5) is 9.59 Å². The predicted molar refractivity (Wildman–Crippen MR) is 248 cm³/mol. The van der Waals surface area contributed by atoms with Gasteiger partial charge in [-0.25, -0.2) is 19.6 Å². The first-order valence-corrected chi connectivity index (χ1v) is 22.5. The van der Waals surface area contributed by atoms with Gasteiger partial charge in [-0.3, -0.25) is 9.59 Å². The number of carbonyl (C=O) groups excluding carboxylic acids is 3. The number of amides is 4. The lowest BCUT2D eigenvalue weighted by Gasteiger charge is -2.32. The number of alkyl carbamates (subject to hydrolysis) is 1. The number of imidazole rings is 2. The zero-order chi connectivity index (χ0) is 46.9. The summed E-state index contributed by atoms with van der Waals surface area (Å²) in [5, 5.41) is 16.5. The van der Waals surface area contributed by atoms with Gasteiger partial charge in [-0.05, 0) is 90.3 Å². The van der Waals surface area contributed by atoms with E-state index in [4.69, 9.17) is 24.2 Å². The molecule has 0 saturated carbocycles. The summed E-state index contributed by atoms with van der Waals surface area (Å²) in [5.74, 6) is 2.79. The summed E-state index contributed by atoms with van der Waals surface area (Å²) < 4.78 is 16.7. The summed E-state index contributed by atoms with van der Waals surface area (Å²) in [6, 6.07) is 12.2. The average Bonchev–Trinajstić information content (AvgIpc) is 4.09. The minimum atomic E-state index is -1.22. The molecule has 0 spiro atoms. The molecule has 2 saturated heterocycles. The summed E-state index contributed by atoms with van der Waals surface area (Å²) >= 11 is 0. The average molecular weight is 892 g/mol. The molecule has 6 atom stereocenters. The Morgan fingerprint density at radius 1 is 0.892 bits per heavy atom. The van der Waals surface area contributed by atoms with Gasteiger partial charge >= 0.3 is 12.2 Å². The second-order valence-electron chi connectivity index (χ2n) is 18.8. The van der Waals surface area contributed by atoms with Crippen LogP contribution >= 0.6 is 0 Å². The zero-order valence-electron chi connectivity index (χ0n) is 39.1. The Morgan fingerprint density at radius 3 is 2.29 bits per heavy atom. The van der Waals surface area contributed by atoms with Crippen LogP contribution in [-0.4, -0.2) is 104 Å². The number of carboxylic acid groups (broad SMARTS) is 1. The van der Waals surface area contributed by atoms with Crippen molar-refractivity contribution >= 4 is 45.8 Å². The van der Waals surface area contributed by atoms with Crippen molar-refractivity contribution in [1.82, 2.24) is 40.4 Å². The first kappa shape index (κ1) is 46.8. The van der Waals surface area contributed by atoms with Crippen LogP contribution in [0.25, 0.3) is 44.2 Å². The second kappa shape index (κ2) is 19.5. The van der Waals surface area contributed by atoms with E-state index in [2.05, 4.69) is 71.7 Å². The summed E-state index contributed by atoms with van der Waals surface area (Å²) in [4.78, 5) is 71.8. The molecule has 3 aliphatic rings. The molecule has 0 unspecified atom stereocenters. The Kier molecular flexibility index (Phi) is 14.1. The molecule has 3 aliphatic heterocycles. The molecule has 347 valence electrons. The highest BCUT2D eigenvalue weighted by atomic mass is 16.5. The van der Waals surface area contributed by atoms with Gasteiger partial charge in [0.15, 0.2) is 0 Å². The molecule has 8 rings (SSSR count). The molecule has 16 nitrogen and oxygen atoms in total. The lowest BCUT2D eigenvalue weighted by Crippen LogP contribution is -2.52. The Balaban J connectivity index is 0.00000151. The molecule has 0 aliphatic carbocycles. The number of ether oxygens (including phenoxy) is 3. The number of nitrogens with one attached hydrogen (secondary N) is 4. The van der Waals surface area contributed by atoms with Gasteiger partial charge in [0.25, 0.3) is 0 Å². The van der Waals surface area contributed by atoms with Crippen molar-refractivity contribution in [2.24, 2.45) is 17.8 Å². The van der Waals surface area contributed by atoms with E-state index in [1.165, 1.54) is 13.0 Å². The van der Waals surface area contributed by atoms with Crippen molar-refractivity contribution < 1.29 is 38.5 Å². The fourth-order valence-electron chi connectivity index (χ4n) is 9.38. The topological polar surface area (TPSA) is 204 Å². The van der Waals surface area contributed by atoms with Crippen LogP contribution in [0.15, 0.2) is 48.7 Å². The zero-order valence-corrected chi connectivity index (χ0v) is 39.1. The van der Waals surface area contributed by atoms with Crippen LogP contribution in [0.1, 0.15) is 104 Å². The van der Waals surface area contributed by atoms with E-state index >= 15 is 0 Å². The molecular formula is C49H63N8O8. The fourth-order valence-corrected chi connectivity index (χ4v) is 9.38. The van der Waals surface area contributed by atoms with Crippen LogP contribution in [-0.2, 0) is 25.7 Å². The van der Waals surface area contributed by atoms with Gasteiger partial charge in [0.1, 0.15) is 36.1 Å². The number of benzene rings is 3. The van der Waals surface area contributed by atoms with Gasteiger partial charge < -0.3 is 49.7 Å². The number of rotatable bonds is 11. The van der Waals surface area contributed by atoms with E-state index in [-0.39, 0.29) is 47.7 Å². The molecule has 4 amide bonds. The Morgan fingerprint density at radius 2 is 1.62 bits per heavy atom. The number of methoxy groups -OCH3 is 2. The number of nitrogens with zero attached hydrogens (tertiary/aromatic N) is 4. The predicted octanol–water partition coefficient (Wildman–Crippen LogP) is 8.55. The molecule has 0 bridgehead atoms. The first-order chi connectivity index (χ1) is 31.0. The van der Waals surface area contributed by atoms with E-state index in [1.54, 1.807) is 23.1 Å². The smallest absolute Gasteiger partial charge is 0.407 e. The Labute approximate surface area is 380 Å². The first-order valence-electron chi connectivity index (χ1n) is 22.5. The highest BCUT2D eigenvalue weighted by Gasteiger charge is 2.43. The Hall–Kier alpha value is -6.16. The third-order valence-corrected chi connectivity index (χ3v) is 12.5. The van der Waals surface area contributed by atoms with Crippen molar-refractivity contribution in [1.29, 1.82) is 0 Å². The number of hydrogen-bond acceptors (Lipinski definition) is 9. The molecule has 2 fully saturated rings. The van der Waals surface area contributed by atoms with E-state index in [0.717, 1.165) is 61.9 Å². The molecule has 1 radical (unpaired) electrons. The van der Waals surface area contributed by atoms with Gasteiger partial charge in [-0.2, -0.15) is 0 Å². The minimum absolute atomic E-state index is 0.0707. The largest absolute Gasteiger partial charge is 0.488 e. The SMILES string of the molecule is COC[C@H]1C[C@@H](c2ncc(-c3ccc4c(c3)COc3cc5c(ccc6nc([C@@H]7CC[C@H](C)N7C(=O)[C@@H](NC(=O)O)C(C)C)[nH]c65)cc3-4)[nH]2)N(C(=O)[C@@H](NC(=O)OC)C(C)C)C1.C[C](C)C. The van der Waals surface area contributed by atoms with E-state index in [9.17, 15) is 24.3 Å². The molecule has 5 N–H and O–H groups in total. The molecule has 2 aromatic heterocycles. The van der Waals surface area contributed by atoms with Crippen LogP contribution in [0.5, 0.6) is 5.75 Å². The van der Waals surface area contributed by atoms with Gasteiger partial charge in [-0.15, -0.1) is 0 Å². The van der Waals surface area contributed by atoms with Crippen LogP contribution < -0.4 is 15.4 Å². The van der Waals surface area contributed by atoms with Crippen molar-refractivity contribution in [2.45, 2.75) is 111 Å². The number of aromatic nitrogens is 4. The number of aromatic amines is 2. The van der Waals surface area contributed by atoms with E-state index in [1.807, 2.05) is 46.8 Å². The fraction of sp³-hybridized carbons (Fsp3) is 0.490. The molecule has 3 aromatic carbocycles. The normalized spacial score (nSPS) is 20.0. The maximum atomic E-state index is 13.9. The third kappa shape index (κ3) is 9.77. The molecule has 16 heteroatoms. The number of fused-ring (bicyclic) bond motifs is 6. The summed E-state index contributed by atoms with van der Waals surface area (Å²) in [6.45, 7) is 17.0. The number of H-pyrrole nitrogens is 2. The third-order valence-electron chi connectivity index (χ3n) is 12.5. The summed E-state index contributed by atoms with van der Waals surface area (Å²) in [7, 11) is 2.93. The molecule has 65 heavy (non-hydrogen) atoms. The molecular weight excluding hydrogens is 829 g/mol. The van der Waals surface area contributed by atoms with Crippen LogP contribution in [0.2, 0.25) is 0 Å². The standard InChI is InChI=1S/C45H54N8O8.C4H9/c1-22(2)37(51-45(58)60-7)42(54)52-19-25(20-59-6)14-35(52)40-46-18-33(48-40)27-9-11-29-28(15-27)21-61-36-17-30-26(16-31(29)36)10-12-32-39(30)49-41(47-32)34-13-8-24(5)53(34)43(55)38(23(3)4)50-44(56)57;1-4(2)3/h9-12,15-18,22-25,34-35,37-38,50H,8,13-14,19-21H2,1-7H3,(H,46,48)(H,47,49)(H,51,58)(H,56,57);1-3H3/t24-,25-,34-,35-,37-,38-;/m0./s1. The second-order valence-corrected chi connectivity index (χ2v) is 18.8. The summed E-state index contributed by atoms with van der Waals surface area (Å²) in [5.41, 5.74) is 6.42. The lowest BCUT2D eigenvalue weighted by molar-refractivity contribution is -0.137. The maximum absolute atomic E-state index is 13.9. The van der Waals surface area contributed by atoms with E-state index < -0.39 is 24.3 Å². The number of carbonyl (C=O) groups is 4. The quantitative estimate of drug-likeness (QED) is 0.0855. The minimum Gasteiger partial charge on any atom is -0.488 e. The van der Waals surface area contributed by atoms with Crippen molar-refractivity contribution in [3.05, 3.63) is 71.8 Å². The number of hydrogen-bond donors (Lipinski definition) is 5. The van der Waals surface area contributed by atoms with E-state index in [0.29, 0.717) is 44.2 Å². The Bertz CT molecular complexity index is 2540. The van der Waals surface area contributed by atoms with Gasteiger partial charge in [-0.1, -0.05) is 66.7 Å². The van der Waals surface area contributed by atoms with Crippen molar-refractivity contribution in [2.75, 3.05) is 27.4 Å². The van der Waals surface area contributed by atoms with Crippen molar-refractivity contribution in [3.8, 4) is 28.1 Å². The monoisotopic (exact) mass is 891 g/mol. The molecule has 5 aromatic rings. The van der Waals surface area contributed by atoms with Crippen LogP contribution in [0.3, 0.4) is 0 Å².